The Bertz CT molecular complexity index is 471. The van der Waals surface area contributed by atoms with Crippen molar-refractivity contribution in [2.24, 2.45) is 0 Å². The molecule has 98 valence electrons. The van der Waals surface area contributed by atoms with E-state index in [1.165, 1.54) is 0 Å². The molecule has 1 aromatic carbocycles. The second kappa shape index (κ2) is 5.05. The summed E-state index contributed by atoms with van der Waals surface area (Å²) < 4.78 is 15.7. The molecule has 2 fully saturated rings. The van der Waals surface area contributed by atoms with Gasteiger partial charge in [0.25, 0.3) is 11.9 Å². The monoisotopic (exact) mass is 260 g/mol. The van der Waals surface area contributed by atoms with Crippen molar-refractivity contribution in [3.63, 3.8) is 0 Å². The third-order valence-corrected chi connectivity index (χ3v) is 3.18. The zero-order valence-corrected chi connectivity index (χ0v) is 10.3. The predicted molar refractivity (Wildman–Crippen MR) is 65.8 cm³/mol. The van der Waals surface area contributed by atoms with E-state index in [-0.39, 0.29) is 30.9 Å². The highest BCUT2D eigenvalue weighted by Crippen LogP contribution is 2.40. The summed E-state index contributed by atoms with van der Waals surface area (Å²) >= 11 is 0. The van der Waals surface area contributed by atoms with E-state index in [2.05, 4.69) is 0 Å². The first-order valence-corrected chi connectivity index (χ1v) is 6.33. The highest BCUT2D eigenvalue weighted by Gasteiger charge is 2.56. The third kappa shape index (κ3) is 2.79. The quantitative estimate of drug-likeness (QED) is 0.594. The number of ether oxygens (including phenoxy) is 1. The second-order valence-corrected chi connectivity index (χ2v) is 4.63. The van der Waals surface area contributed by atoms with Gasteiger partial charge < -0.3 is 14.0 Å². The average Bonchev–Trinajstić information content (AvgIpc) is 3.17. The molecule has 2 aliphatic heterocycles. The number of benzene rings is 1. The standard InChI is InChI=1S/C13H13BO5/c15-10-7-4-8-11(16)19-14(18-10)13-12(17-13)9-5-2-1-3-6-9/h1-3,5-6,12-13H,4,7-8H2/t12-,13?/m0/s1. The normalized spacial score (nSPS) is 27.1. The first kappa shape index (κ1) is 12.2. The topological polar surface area (TPSA) is 65.1 Å². The van der Waals surface area contributed by atoms with E-state index in [4.69, 9.17) is 14.0 Å². The predicted octanol–water partition coefficient (Wildman–Crippen LogP) is 1.42. The molecule has 0 aliphatic carbocycles. The number of carbonyl (C=O) groups excluding carboxylic acids is 2. The Hall–Kier alpha value is -1.82. The van der Waals surface area contributed by atoms with Crippen LogP contribution in [0.5, 0.6) is 0 Å². The van der Waals surface area contributed by atoms with Gasteiger partial charge in [0.05, 0.1) is 0 Å². The summed E-state index contributed by atoms with van der Waals surface area (Å²) in [5.74, 6) is -0.695. The number of epoxide rings is 1. The molecule has 1 aromatic rings. The van der Waals surface area contributed by atoms with Crippen LogP contribution in [-0.4, -0.2) is 25.1 Å². The summed E-state index contributed by atoms with van der Waals surface area (Å²) in [5.41, 5.74) is 0.988. The van der Waals surface area contributed by atoms with Crippen LogP contribution in [0.4, 0.5) is 0 Å². The van der Waals surface area contributed by atoms with Crippen molar-refractivity contribution in [2.75, 3.05) is 0 Å². The molecule has 2 saturated heterocycles. The first-order chi connectivity index (χ1) is 9.24. The molecule has 0 bridgehead atoms. The van der Waals surface area contributed by atoms with E-state index in [0.717, 1.165) is 5.56 Å². The van der Waals surface area contributed by atoms with Crippen LogP contribution >= 0.6 is 0 Å². The van der Waals surface area contributed by atoms with Gasteiger partial charge in [0.1, 0.15) is 6.10 Å². The van der Waals surface area contributed by atoms with Crippen molar-refractivity contribution in [2.45, 2.75) is 31.4 Å². The van der Waals surface area contributed by atoms with Gasteiger partial charge in [0.15, 0.2) is 6.00 Å². The first-order valence-electron chi connectivity index (χ1n) is 6.33. The number of hydrogen-bond acceptors (Lipinski definition) is 5. The van der Waals surface area contributed by atoms with Gasteiger partial charge in [0, 0.05) is 12.8 Å². The van der Waals surface area contributed by atoms with E-state index in [0.29, 0.717) is 6.42 Å². The average molecular weight is 260 g/mol. The van der Waals surface area contributed by atoms with Crippen LogP contribution in [0.3, 0.4) is 0 Å². The van der Waals surface area contributed by atoms with Crippen LogP contribution in [0.15, 0.2) is 30.3 Å². The molecule has 19 heavy (non-hydrogen) atoms. The lowest BCUT2D eigenvalue weighted by Crippen LogP contribution is -2.36. The fraction of sp³-hybridized carbons (Fsp3) is 0.385. The Morgan fingerprint density at radius 3 is 2.26 bits per heavy atom. The maximum atomic E-state index is 11.5. The molecule has 3 rings (SSSR count). The molecule has 6 heteroatoms. The lowest BCUT2D eigenvalue weighted by Gasteiger charge is -2.15. The molecule has 1 unspecified atom stereocenters. The smallest absolute Gasteiger partial charge is 0.497 e. The zero-order chi connectivity index (χ0) is 13.2. The molecule has 5 nitrogen and oxygen atoms in total. The lowest BCUT2D eigenvalue weighted by molar-refractivity contribution is -0.143. The van der Waals surface area contributed by atoms with E-state index < -0.39 is 13.1 Å². The molecule has 0 N–H and O–H groups in total. The molecule has 2 aliphatic rings. The minimum absolute atomic E-state index is 0.175. The summed E-state index contributed by atoms with van der Waals surface area (Å²) in [6, 6.07) is 9.19. The molecule has 0 aromatic heterocycles. The highest BCUT2D eigenvalue weighted by molar-refractivity contribution is 6.51. The fourth-order valence-electron chi connectivity index (χ4n) is 2.15. The SMILES string of the molecule is O=C1CCCC(=O)OB(C2O[C@H]2c2ccccc2)O1. The van der Waals surface area contributed by atoms with E-state index in [1.54, 1.807) is 0 Å². The van der Waals surface area contributed by atoms with Crippen molar-refractivity contribution in [3.8, 4) is 0 Å². The largest absolute Gasteiger partial charge is 0.632 e. The van der Waals surface area contributed by atoms with Crippen LogP contribution in [-0.2, 0) is 23.6 Å². The second-order valence-electron chi connectivity index (χ2n) is 4.63. The summed E-state index contributed by atoms with van der Waals surface area (Å²) in [4.78, 5) is 22.9. The van der Waals surface area contributed by atoms with Crippen molar-refractivity contribution in [1.29, 1.82) is 0 Å². The number of hydrogen-bond donors (Lipinski definition) is 0. The molecular weight excluding hydrogens is 247 g/mol. The van der Waals surface area contributed by atoms with E-state index in [9.17, 15) is 9.59 Å². The van der Waals surface area contributed by atoms with Gasteiger partial charge >= 0.3 is 7.12 Å². The van der Waals surface area contributed by atoms with Crippen molar-refractivity contribution < 1.29 is 23.6 Å². The van der Waals surface area contributed by atoms with Crippen LogP contribution in [0.25, 0.3) is 0 Å². The van der Waals surface area contributed by atoms with Crippen LogP contribution < -0.4 is 0 Å². The third-order valence-electron chi connectivity index (χ3n) is 3.18. The Morgan fingerprint density at radius 1 is 1.00 bits per heavy atom. The van der Waals surface area contributed by atoms with Gasteiger partial charge in [-0.15, -0.1) is 0 Å². The Balaban J connectivity index is 1.68. The highest BCUT2D eigenvalue weighted by atomic mass is 16.7. The summed E-state index contributed by atoms with van der Waals surface area (Å²) in [6.45, 7) is 0. The molecular formula is C13H13BO5. The molecule has 0 radical (unpaired) electrons. The summed E-state index contributed by atoms with van der Waals surface area (Å²) in [5, 5.41) is 0. The Morgan fingerprint density at radius 2 is 1.63 bits per heavy atom. The summed E-state index contributed by atoms with van der Waals surface area (Å²) in [7, 11) is -0.925. The lowest BCUT2D eigenvalue weighted by atomic mass is 9.80. The van der Waals surface area contributed by atoms with E-state index >= 15 is 0 Å². The van der Waals surface area contributed by atoms with Gasteiger partial charge in [-0.05, 0) is 12.0 Å². The Kier molecular flexibility index (Phi) is 3.25. The van der Waals surface area contributed by atoms with Gasteiger partial charge in [-0.3, -0.25) is 9.59 Å². The van der Waals surface area contributed by atoms with Gasteiger partial charge in [-0.1, -0.05) is 30.3 Å². The zero-order valence-electron chi connectivity index (χ0n) is 10.3. The summed E-state index contributed by atoms with van der Waals surface area (Å²) in [6.07, 6.45) is 0.784. The molecule has 0 saturated carbocycles. The molecule has 0 amide bonds. The Labute approximate surface area is 111 Å². The van der Waals surface area contributed by atoms with Crippen LogP contribution in [0, 0.1) is 0 Å². The van der Waals surface area contributed by atoms with Gasteiger partial charge in [-0.25, -0.2) is 0 Å². The number of carbonyl (C=O) groups is 2. The minimum atomic E-state index is -0.925. The molecule has 2 heterocycles. The van der Waals surface area contributed by atoms with Crippen LogP contribution in [0.1, 0.15) is 30.9 Å². The van der Waals surface area contributed by atoms with Crippen molar-refractivity contribution >= 4 is 19.1 Å². The molecule has 0 spiro atoms. The van der Waals surface area contributed by atoms with Crippen LogP contribution in [0.2, 0.25) is 0 Å². The molecule has 2 atom stereocenters. The minimum Gasteiger partial charge on any atom is -0.497 e. The van der Waals surface area contributed by atoms with Gasteiger partial charge in [0.2, 0.25) is 0 Å². The van der Waals surface area contributed by atoms with Crippen molar-refractivity contribution in [3.05, 3.63) is 35.9 Å². The maximum Gasteiger partial charge on any atom is 0.632 e. The van der Waals surface area contributed by atoms with Crippen molar-refractivity contribution in [1.82, 2.24) is 0 Å². The maximum absolute atomic E-state index is 11.5. The van der Waals surface area contributed by atoms with Gasteiger partial charge in [-0.2, -0.15) is 0 Å². The number of rotatable bonds is 2. The fourth-order valence-corrected chi connectivity index (χ4v) is 2.15. The van der Waals surface area contributed by atoms with E-state index in [1.807, 2.05) is 30.3 Å².